The number of esters is 1. The molecule has 0 atom stereocenters. The van der Waals surface area contributed by atoms with E-state index in [1.807, 2.05) is 30.3 Å². The second-order valence-electron chi connectivity index (χ2n) is 6.06. The Morgan fingerprint density at radius 2 is 1.73 bits per heavy atom. The predicted molar refractivity (Wildman–Crippen MR) is 97.5 cm³/mol. The Morgan fingerprint density at radius 1 is 1.08 bits per heavy atom. The molecule has 0 heterocycles. The molecule has 2 aromatic rings. The fourth-order valence-corrected chi connectivity index (χ4v) is 2.96. The van der Waals surface area contributed by atoms with Crippen molar-refractivity contribution < 1.29 is 22.7 Å². The topological polar surface area (TPSA) is 80.7 Å². The van der Waals surface area contributed by atoms with Gasteiger partial charge in [-0.05, 0) is 30.2 Å². The number of aryl methyl sites for hydroxylation is 1. The zero-order valence-corrected chi connectivity index (χ0v) is 15.7. The summed E-state index contributed by atoms with van der Waals surface area (Å²) in [5.74, 6) is -1.08. The number of nitrogens with zero attached hydrogens (tertiary/aromatic N) is 1. The van der Waals surface area contributed by atoms with Gasteiger partial charge in [-0.3, -0.25) is 4.79 Å². The molecule has 0 fully saturated rings. The average Bonchev–Trinajstić information content (AvgIpc) is 2.59. The third kappa shape index (κ3) is 5.16. The lowest BCUT2D eigenvalue weighted by Gasteiger charge is -2.17. The highest BCUT2D eigenvalue weighted by Gasteiger charge is 2.18. The van der Waals surface area contributed by atoms with E-state index in [1.54, 1.807) is 14.0 Å². The zero-order chi connectivity index (χ0) is 19.3. The van der Waals surface area contributed by atoms with Gasteiger partial charge in [0.2, 0.25) is 0 Å². The number of likely N-dealkylation sites (N-methyl/N-ethyl adjacent to an activating group) is 1. The maximum absolute atomic E-state index is 12.2. The van der Waals surface area contributed by atoms with Crippen LogP contribution in [0.1, 0.15) is 21.5 Å². The summed E-state index contributed by atoms with van der Waals surface area (Å²) in [5, 5.41) is 0. The number of carbonyl (C=O) groups is 2. The number of hydrogen-bond acceptors (Lipinski definition) is 5. The molecule has 0 aliphatic heterocycles. The molecule has 0 spiro atoms. The Labute approximate surface area is 153 Å². The van der Waals surface area contributed by atoms with E-state index < -0.39 is 22.4 Å². The van der Waals surface area contributed by atoms with Gasteiger partial charge in [0.05, 0.1) is 10.5 Å². The molecular weight excluding hydrogens is 354 g/mol. The van der Waals surface area contributed by atoms with Gasteiger partial charge in [0.25, 0.3) is 5.91 Å². The number of carbonyl (C=O) groups excluding carboxylic acids is 2. The van der Waals surface area contributed by atoms with Gasteiger partial charge in [-0.15, -0.1) is 0 Å². The number of ether oxygens (including phenoxy) is 1. The Morgan fingerprint density at radius 3 is 2.35 bits per heavy atom. The molecule has 2 aromatic carbocycles. The van der Waals surface area contributed by atoms with E-state index >= 15 is 0 Å². The van der Waals surface area contributed by atoms with Crippen LogP contribution in [0.2, 0.25) is 0 Å². The van der Waals surface area contributed by atoms with Crippen molar-refractivity contribution in [2.45, 2.75) is 18.4 Å². The Balaban J connectivity index is 2.01. The number of amides is 1. The normalized spacial score (nSPS) is 11.0. The molecule has 26 heavy (non-hydrogen) atoms. The van der Waals surface area contributed by atoms with Crippen molar-refractivity contribution in [3.63, 3.8) is 0 Å². The average molecular weight is 375 g/mol. The first-order chi connectivity index (χ1) is 12.2. The molecule has 6 nitrogen and oxygen atoms in total. The summed E-state index contributed by atoms with van der Waals surface area (Å²) in [4.78, 5) is 25.9. The maximum atomic E-state index is 12.2. The van der Waals surface area contributed by atoms with Crippen molar-refractivity contribution in [2.24, 2.45) is 0 Å². The SMILES string of the molecule is Cc1ccc(S(C)(=O)=O)cc1C(=O)OCC(=O)N(C)Cc1ccccc1. The molecule has 7 heteroatoms. The summed E-state index contributed by atoms with van der Waals surface area (Å²) in [6, 6.07) is 13.7. The van der Waals surface area contributed by atoms with Crippen LogP contribution in [0.3, 0.4) is 0 Å². The largest absolute Gasteiger partial charge is 0.452 e. The van der Waals surface area contributed by atoms with Crippen molar-refractivity contribution in [1.29, 1.82) is 0 Å². The molecule has 1 amide bonds. The molecule has 0 bridgehead atoms. The van der Waals surface area contributed by atoms with Crippen molar-refractivity contribution in [1.82, 2.24) is 4.90 Å². The van der Waals surface area contributed by atoms with Crippen LogP contribution in [-0.2, 0) is 25.9 Å². The Bertz CT molecular complexity index is 907. The smallest absolute Gasteiger partial charge is 0.338 e. The van der Waals surface area contributed by atoms with Gasteiger partial charge in [-0.2, -0.15) is 0 Å². The van der Waals surface area contributed by atoms with E-state index in [-0.39, 0.29) is 16.4 Å². The standard InChI is InChI=1S/C19H21NO5S/c1-14-9-10-16(26(3,23)24)11-17(14)19(22)25-13-18(21)20(2)12-15-7-5-4-6-8-15/h4-11H,12-13H2,1-3H3. The number of hydrogen-bond donors (Lipinski definition) is 0. The van der Waals surface area contributed by atoms with Crippen LogP contribution < -0.4 is 0 Å². The molecule has 0 aliphatic rings. The molecule has 0 aliphatic carbocycles. The summed E-state index contributed by atoms with van der Waals surface area (Å²) in [6.07, 6.45) is 1.06. The zero-order valence-electron chi connectivity index (χ0n) is 14.9. The fourth-order valence-electron chi connectivity index (χ4n) is 2.31. The van der Waals surface area contributed by atoms with E-state index in [4.69, 9.17) is 4.74 Å². The van der Waals surface area contributed by atoms with Gasteiger partial charge < -0.3 is 9.64 Å². The summed E-state index contributed by atoms with van der Waals surface area (Å²) < 4.78 is 28.3. The quantitative estimate of drug-likeness (QED) is 0.723. The van der Waals surface area contributed by atoms with E-state index in [0.717, 1.165) is 11.8 Å². The van der Waals surface area contributed by atoms with Crippen LogP contribution in [-0.4, -0.2) is 45.1 Å². The number of sulfone groups is 1. The third-order valence-corrected chi connectivity index (χ3v) is 4.98. The van der Waals surface area contributed by atoms with Crippen LogP contribution in [0, 0.1) is 6.92 Å². The van der Waals surface area contributed by atoms with Crippen molar-refractivity contribution in [3.05, 3.63) is 65.2 Å². The summed E-state index contributed by atoms with van der Waals surface area (Å²) >= 11 is 0. The highest BCUT2D eigenvalue weighted by Crippen LogP contribution is 2.16. The number of rotatable bonds is 6. The van der Waals surface area contributed by atoms with Gasteiger partial charge in [-0.1, -0.05) is 36.4 Å². The van der Waals surface area contributed by atoms with Crippen LogP contribution in [0.4, 0.5) is 0 Å². The lowest BCUT2D eigenvalue weighted by Crippen LogP contribution is -2.30. The van der Waals surface area contributed by atoms with Crippen LogP contribution in [0.25, 0.3) is 0 Å². The van der Waals surface area contributed by atoms with E-state index in [0.29, 0.717) is 12.1 Å². The first-order valence-electron chi connectivity index (χ1n) is 7.94. The molecule has 2 rings (SSSR count). The Hall–Kier alpha value is -2.67. The van der Waals surface area contributed by atoms with Crippen LogP contribution in [0.15, 0.2) is 53.4 Å². The van der Waals surface area contributed by atoms with Crippen LogP contribution in [0.5, 0.6) is 0 Å². The van der Waals surface area contributed by atoms with E-state index in [1.165, 1.54) is 23.1 Å². The minimum absolute atomic E-state index is 0.0302. The molecule has 0 N–H and O–H groups in total. The fraction of sp³-hybridized carbons (Fsp3) is 0.263. The summed E-state index contributed by atoms with van der Waals surface area (Å²) in [6.45, 7) is 1.66. The molecule has 0 unspecified atom stereocenters. The van der Waals surface area contributed by atoms with Gasteiger partial charge in [0.1, 0.15) is 0 Å². The van der Waals surface area contributed by atoms with Crippen molar-refractivity contribution in [2.75, 3.05) is 19.9 Å². The Kier molecular flexibility index (Phi) is 6.15. The number of benzene rings is 2. The van der Waals surface area contributed by atoms with E-state index in [9.17, 15) is 18.0 Å². The minimum atomic E-state index is -3.44. The summed E-state index contributed by atoms with van der Waals surface area (Å²) in [5.41, 5.74) is 1.67. The minimum Gasteiger partial charge on any atom is -0.452 e. The van der Waals surface area contributed by atoms with Crippen molar-refractivity contribution in [3.8, 4) is 0 Å². The lowest BCUT2D eigenvalue weighted by molar-refractivity contribution is -0.133. The molecule has 138 valence electrons. The molecule has 0 saturated heterocycles. The highest BCUT2D eigenvalue weighted by molar-refractivity contribution is 7.90. The first kappa shape index (κ1) is 19.7. The molecule has 0 radical (unpaired) electrons. The lowest BCUT2D eigenvalue weighted by atomic mass is 10.1. The first-order valence-corrected chi connectivity index (χ1v) is 9.83. The van der Waals surface area contributed by atoms with Gasteiger partial charge in [0, 0.05) is 19.8 Å². The summed E-state index contributed by atoms with van der Waals surface area (Å²) in [7, 11) is -1.81. The highest BCUT2D eigenvalue weighted by atomic mass is 32.2. The molecule has 0 aromatic heterocycles. The second-order valence-corrected chi connectivity index (χ2v) is 8.08. The van der Waals surface area contributed by atoms with Crippen molar-refractivity contribution >= 4 is 21.7 Å². The van der Waals surface area contributed by atoms with Crippen LogP contribution >= 0.6 is 0 Å². The molecule has 0 saturated carbocycles. The second kappa shape index (κ2) is 8.14. The predicted octanol–water partition coefficient (Wildman–Crippen LogP) is 2.21. The van der Waals surface area contributed by atoms with E-state index in [2.05, 4.69) is 0 Å². The third-order valence-electron chi connectivity index (χ3n) is 3.87. The van der Waals surface area contributed by atoms with Gasteiger partial charge >= 0.3 is 5.97 Å². The maximum Gasteiger partial charge on any atom is 0.338 e. The van der Waals surface area contributed by atoms with Gasteiger partial charge in [-0.25, -0.2) is 13.2 Å². The molecular formula is C19H21NO5S. The monoisotopic (exact) mass is 375 g/mol. The van der Waals surface area contributed by atoms with Gasteiger partial charge in [0.15, 0.2) is 16.4 Å².